The fourth-order valence-corrected chi connectivity index (χ4v) is 0.780. The minimum Gasteiger partial charge on any atom is -0.273 e. The van der Waals surface area contributed by atoms with E-state index < -0.39 is 10.1 Å². The molecule has 3 nitrogen and oxygen atoms in total. The second-order valence-corrected chi connectivity index (χ2v) is 3.14. The van der Waals surface area contributed by atoms with E-state index in [2.05, 4.69) is 11.1 Å². The monoisotopic (exact) mass is 137 g/mol. The minimum atomic E-state index is -3.23. The molecule has 0 aromatic carbocycles. The highest BCUT2D eigenvalue weighted by Gasteiger charge is 2.03. The Balaban J connectivity index is 3.76. The lowest BCUT2D eigenvalue weighted by molar-refractivity contribution is 0.398. The molecule has 49 valence electrons. The van der Waals surface area contributed by atoms with Gasteiger partial charge < -0.3 is 0 Å². The zero-order valence-corrected chi connectivity index (χ0v) is 5.57. The van der Waals surface area contributed by atoms with Crippen molar-refractivity contribution in [2.24, 2.45) is 0 Å². The van der Waals surface area contributed by atoms with Gasteiger partial charge in [0.05, 0.1) is 12.9 Å². The Labute approximate surface area is 49.8 Å². The van der Waals surface area contributed by atoms with Crippen LogP contribution in [0.5, 0.6) is 0 Å². The Hall–Kier alpha value is -0.0900. The zero-order chi connectivity index (χ0) is 6.62. The van der Waals surface area contributed by atoms with Crippen LogP contribution in [0.1, 0.15) is 6.42 Å². The second kappa shape index (κ2) is 3.04. The van der Waals surface area contributed by atoms with E-state index in [9.17, 15) is 8.42 Å². The van der Waals surface area contributed by atoms with E-state index in [0.717, 1.165) is 7.11 Å². The Morgan fingerprint density at radius 1 is 1.62 bits per heavy atom. The van der Waals surface area contributed by atoms with Crippen LogP contribution in [0, 0.1) is 6.92 Å². The van der Waals surface area contributed by atoms with Crippen LogP contribution in [0.25, 0.3) is 0 Å². The van der Waals surface area contributed by atoms with Gasteiger partial charge in [0.2, 0.25) is 0 Å². The van der Waals surface area contributed by atoms with Crippen LogP contribution in [0.2, 0.25) is 0 Å². The van der Waals surface area contributed by atoms with Gasteiger partial charge in [0.25, 0.3) is 10.1 Å². The molecule has 0 aromatic rings. The highest BCUT2D eigenvalue weighted by atomic mass is 32.2. The second-order valence-electron chi connectivity index (χ2n) is 1.28. The molecule has 0 fully saturated rings. The average Bonchev–Trinajstić information content (AvgIpc) is 1.67. The SMILES string of the molecule is [CH2]CCS(=O)(=O)OC. The van der Waals surface area contributed by atoms with Crippen LogP contribution < -0.4 is 0 Å². The van der Waals surface area contributed by atoms with Crippen LogP contribution >= 0.6 is 0 Å². The molecule has 0 spiro atoms. The van der Waals surface area contributed by atoms with Crippen molar-refractivity contribution in [2.75, 3.05) is 12.9 Å². The lowest BCUT2D eigenvalue weighted by atomic mass is 10.6. The summed E-state index contributed by atoms with van der Waals surface area (Å²) >= 11 is 0. The summed E-state index contributed by atoms with van der Waals surface area (Å²) in [5.41, 5.74) is 0. The van der Waals surface area contributed by atoms with Crippen molar-refractivity contribution >= 4 is 10.1 Å². The Morgan fingerprint density at radius 2 is 2.12 bits per heavy atom. The van der Waals surface area contributed by atoms with Gasteiger partial charge in [0.1, 0.15) is 0 Å². The summed E-state index contributed by atoms with van der Waals surface area (Å²) in [5.74, 6) is 0.00347. The van der Waals surface area contributed by atoms with Crippen LogP contribution in [-0.2, 0) is 14.3 Å². The van der Waals surface area contributed by atoms with Crippen molar-refractivity contribution in [3.8, 4) is 0 Å². The normalized spacial score (nSPS) is 11.8. The number of hydrogen-bond acceptors (Lipinski definition) is 3. The van der Waals surface area contributed by atoms with Crippen molar-refractivity contribution in [1.82, 2.24) is 0 Å². The molecule has 8 heavy (non-hydrogen) atoms. The van der Waals surface area contributed by atoms with E-state index >= 15 is 0 Å². The first-order valence-electron chi connectivity index (χ1n) is 2.20. The molecule has 0 aliphatic rings. The number of rotatable bonds is 3. The molecule has 0 aliphatic carbocycles. The Morgan fingerprint density at radius 3 is 2.25 bits per heavy atom. The first-order valence-corrected chi connectivity index (χ1v) is 3.77. The molecule has 0 saturated carbocycles. The maximum atomic E-state index is 10.3. The lowest BCUT2D eigenvalue weighted by Crippen LogP contribution is -2.06. The minimum absolute atomic E-state index is 0.00347. The maximum Gasteiger partial charge on any atom is 0.267 e. The van der Waals surface area contributed by atoms with E-state index in [4.69, 9.17) is 0 Å². The topological polar surface area (TPSA) is 43.4 Å². The molecule has 0 amide bonds. The first-order chi connectivity index (χ1) is 3.62. The molecule has 0 saturated heterocycles. The van der Waals surface area contributed by atoms with Gasteiger partial charge >= 0.3 is 0 Å². The molecule has 0 aromatic heterocycles. The molecular formula is C4H9O3S. The summed E-state index contributed by atoms with van der Waals surface area (Å²) in [6.07, 6.45) is 0.357. The summed E-state index contributed by atoms with van der Waals surface area (Å²) in [7, 11) is -2.09. The molecule has 0 bridgehead atoms. The fourth-order valence-electron chi connectivity index (χ4n) is 0.260. The highest BCUT2D eigenvalue weighted by Crippen LogP contribution is 1.90. The third-order valence-electron chi connectivity index (χ3n) is 0.648. The van der Waals surface area contributed by atoms with Gasteiger partial charge in [-0.05, 0) is 6.42 Å². The molecule has 0 atom stereocenters. The van der Waals surface area contributed by atoms with E-state index in [1.54, 1.807) is 0 Å². The standard InChI is InChI=1S/C4H9O3S/c1-3-4-8(5,6)7-2/h1,3-4H2,2H3. The average molecular weight is 137 g/mol. The van der Waals surface area contributed by atoms with E-state index in [1.165, 1.54) is 0 Å². The molecule has 0 aliphatic heterocycles. The summed E-state index contributed by atoms with van der Waals surface area (Å²) in [6.45, 7) is 3.36. The predicted molar refractivity (Wildman–Crippen MR) is 30.8 cm³/mol. The van der Waals surface area contributed by atoms with Crippen LogP contribution in [0.4, 0.5) is 0 Å². The van der Waals surface area contributed by atoms with Crippen molar-refractivity contribution in [1.29, 1.82) is 0 Å². The molecule has 0 unspecified atom stereocenters. The smallest absolute Gasteiger partial charge is 0.267 e. The van der Waals surface area contributed by atoms with Gasteiger partial charge in [-0.3, -0.25) is 4.18 Å². The predicted octanol–water partition coefficient (Wildman–Crippen LogP) is 0.187. The van der Waals surface area contributed by atoms with Crippen molar-refractivity contribution in [3.63, 3.8) is 0 Å². The first kappa shape index (κ1) is 7.91. The van der Waals surface area contributed by atoms with E-state index in [0.29, 0.717) is 6.42 Å². The molecule has 0 rings (SSSR count). The molecular weight excluding hydrogens is 128 g/mol. The zero-order valence-electron chi connectivity index (χ0n) is 4.75. The molecule has 0 heterocycles. The lowest BCUT2D eigenvalue weighted by Gasteiger charge is -1.94. The number of hydrogen-bond donors (Lipinski definition) is 0. The van der Waals surface area contributed by atoms with E-state index in [-0.39, 0.29) is 5.75 Å². The molecule has 0 N–H and O–H groups in total. The van der Waals surface area contributed by atoms with Gasteiger partial charge in [-0.1, -0.05) is 6.92 Å². The molecule has 4 heteroatoms. The summed E-state index contributed by atoms with van der Waals surface area (Å²) < 4.78 is 24.8. The summed E-state index contributed by atoms with van der Waals surface area (Å²) in [6, 6.07) is 0. The Kier molecular flexibility index (Phi) is 3.01. The summed E-state index contributed by atoms with van der Waals surface area (Å²) in [5, 5.41) is 0. The van der Waals surface area contributed by atoms with Crippen LogP contribution in [0.15, 0.2) is 0 Å². The third-order valence-corrected chi connectivity index (χ3v) is 1.94. The van der Waals surface area contributed by atoms with Crippen molar-refractivity contribution < 1.29 is 12.6 Å². The van der Waals surface area contributed by atoms with Gasteiger partial charge in [0, 0.05) is 0 Å². The van der Waals surface area contributed by atoms with Crippen LogP contribution in [-0.4, -0.2) is 21.3 Å². The van der Waals surface area contributed by atoms with Crippen LogP contribution in [0.3, 0.4) is 0 Å². The van der Waals surface area contributed by atoms with Gasteiger partial charge in [0.15, 0.2) is 0 Å². The van der Waals surface area contributed by atoms with Gasteiger partial charge in [-0.15, -0.1) is 0 Å². The summed E-state index contributed by atoms with van der Waals surface area (Å²) in [4.78, 5) is 0. The van der Waals surface area contributed by atoms with E-state index in [1.807, 2.05) is 0 Å². The Bertz CT molecular complexity index is 135. The van der Waals surface area contributed by atoms with Crippen molar-refractivity contribution in [3.05, 3.63) is 6.92 Å². The molecule has 1 radical (unpaired) electrons. The largest absolute Gasteiger partial charge is 0.273 e. The van der Waals surface area contributed by atoms with Crippen molar-refractivity contribution in [2.45, 2.75) is 6.42 Å². The highest BCUT2D eigenvalue weighted by molar-refractivity contribution is 7.86. The maximum absolute atomic E-state index is 10.3. The quantitative estimate of drug-likeness (QED) is 0.521. The fraction of sp³-hybridized carbons (Fsp3) is 0.750. The van der Waals surface area contributed by atoms with Gasteiger partial charge in [-0.2, -0.15) is 8.42 Å². The third kappa shape index (κ3) is 2.98. The van der Waals surface area contributed by atoms with Gasteiger partial charge in [-0.25, -0.2) is 0 Å².